The van der Waals surface area contributed by atoms with Crippen molar-refractivity contribution in [2.75, 3.05) is 20.3 Å². The van der Waals surface area contributed by atoms with E-state index >= 15 is 0 Å². The van der Waals surface area contributed by atoms with Gasteiger partial charge in [-0.2, -0.15) is 0 Å². The molecule has 0 N–H and O–H groups in total. The van der Waals surface area contributed by atoms with E-state index in [2.05, 4.69) is 24.0 Å². The average molecular weight is 263 g/mol. The molecule has 19 heavy (non-hydrogen) atoms. The van der Waals surface area contributed by atoms with Gasteiger partial charge in [0.15, 0.2) is 11.5 Å². The van der Waals surface area contributed by atoms with E-state index in [0.717, 1.165) is 18.0 Å². The standard InChI is InChI=1S/C16H25NO2/c1-4-19-16-11-14(8-9-15(16)18-3)12-17-10-6-5-7-13(17)2/h8-9,11,13H,4-7,10,12H2,1-3H3. The van der Waals surface area contributed by atoms with Gasteiger partial charge in [0.1, 0.15) is 0 Å². The van der Waals surface area contributed by atoms with Crippen molar-refractivity contribution in [2.24, 2.45) is 0 Å². The molecule has 0 radical (unpaired) electrons. The monoisotopic (exact) mass is 263 g/mol. The fourth-order valence-corrected chi connectivity index (χ4v) is 2.71. The van der Waals surface area contributed by atoms with Crippen LogP contribution in [0.25, 0.3) is 0 Å². The van der Waals surface area contributed by atoms with Crippen LogP contribution in [0.2, 0.25) is 0 Å². The molecule has 0 saturated carbocycles. The quantitative estimate of drug-likeness (QED) is 0.812. The first-order valence-corrected chi connectivity index (χ1v) is 7.28. The van der Waals surface area contributed by atoms with E-state index in [4.69, 9.17) is 9.47 Å². The Morgan fingerprint density at radius 2 is 2.11 bits per heavy atom. The molecule has 3 heteroatoms. The van der Waals surface area contributed by atoms with Crippen LogP contribution in [0.3, 0.4) is 0 Å². The molecule has 0 aromatic heterocycles. The van der Waals surface area contributed by atoms with Crippen LogP contribution in [0.1, 0.15) is 38.7 Å². The number of rotatable bonds is 5. The summed E-state index contributed by atoms with van der Waals surface area (Å²) in [5.74, 6) is 1.67. The first-order chi connectivity index (χ1) is 9.24. The van der Waals surface area contributed by atoms with E-state index in [-0.39, 0.29) is 0 Å². The fraction of sp³-hybridized carbons (Fsp3) is 0.625. The third kappa shape index (κ3) is 3.63. The van der Waals surface area contributed by atoms with Crippen LogP contribution in [0.4, 0.5) is 0 Å². The molecule has 0 spiro atoms. The zero-order valence-electron chi connectivity index (χ0n) is 12.3. The van der Waals surface area contributed by atoms with E-state index in [0.29, 0.717) is 12.6 Å². The van der Waals surface area contributed by atoms with E-state index in [1.807, 2.05) is 13.0 Å². The van der Waals surface area contributed by atoms with Crippen molar-refractivity contribution in [1.82, 2.24) is 4.90 Å². The highest BCUT2D eigenvalue weighted by molar-refractivity contribution is 5.43. The second-order valence-electron chi connectivity index (χ2n) is 5.23. The van der Waals surface area contributed by atoms with Crippen LogP contribution in [-0.4, -0.2) is 31.2 Å². The first kappa shape index (κ1) is 14.2. The maximum Gasteiger partial charge on any atom is 0.161 e. The Labute approximate surface area is 116 Å². The molecule has 2 rings (SSSR count). The van der Waals surface area contributed by atoms with Crippen molar-refractivity contribution >= 4 is 0 Å². The minimum Gasteiger partial charge on any atom is -0.493 e. The fourth-order valence-electron chi connectivity index (χ4n) is 2.71. The summed E-state index contributed by atoms with van der Waals surface area (Å²) in [6, 6.07) is 6.95. The molecule has 1 fully saturated rings. The van der Waals surface area contributed by atoms with Crippen molar-refractivity contribution in [2.45, 2.75) is 45.7 Å². The average Bonchev–Trinajstić information content (AvgIpc) is 2.42. The van der Waals surface area contributed by atoms with Crippen LogP contribution in [0.5, 0.6) is 11.5 Å². The summed E-state index contributed by atoms with van der Waals surface area (Å²) in [6.45, 7) is 7.20. The largest absolute Gasteiger partial charge is 0.493 e. The lowest BCUT2D eigenvalue weighted by Crippen LogP contribution is -2.36. The maximum absolute atomic E-state index is 5.64. The molecule has 0 amide bonds. The van der Waals surface area contributed by atoms with Crippen LogP contribution in [0, 0.1) is 0 Å². The van der Waals surface area contributed by atoms with Crippen molar-refractivity contribution in [3.05, 3.63) is 23.8 Å². The van der Waals surface area contributed by atoms with E-state index in [1.54, 1.807) is 7.11 Å². The highest BCUT2D eigenvalue weighted by atomic mass is 16.5. The van der Waals surface area contributed by atoms with Gasteiger partial charge < -0.3 is 9.47 Å². The molecule has 1 aliphatic heterocycles. The number of likely N-dealkylation sites (tertiary alicyclic amines) is 1. The Kier molecular flexibility index (Phi) is 5.08. The number of piperidine rings is 1. The third-order valence-corrected chi connectivity index (χ3v) is 3.85. The zero-order valence-corrected chi connectivity index (χ0v) is 12.3. The lowest BCUT2D eigenvalue weighted by molar-refractivity contribution is 0.152. The molecule has 1 heterocycles. The number of hydrogen-bond donors (Lipinski definition) is 0. The second kappa shape index (κ2) is 6.80. The van der Waals surface area contributed by atoms with Crippen molar-refractivity contribution in [1.29, 1.82) is 0 Å². The topological polar surface area (TPSA) is 21.7 Å². The number of hydrogen-bond acceptors (Lipinski definition) is 3. The first-order valence-electron chi connectivity index (χ1n) is 7.28. The molecule has 0 aliphatic carbocycles. The molecule has 1 aromatic rings. The lowest BCUT2D eigenvalue weighted by atomic mass is 10.0. The third-order valence-electron chi connectivity index (χ3n) is 3.85. The predicted octanol–water partition coefficient (Wildman–Crippen LogP) is 3.47. The van der Waals surface area contributed by atoms with Crippen molar-refractivity contribution < 1.29 is 9.47 Å². The Morgan fingerprint density at radius 1 is 1.26 bits per heavy atom. The van der Waals surface area contributed by atoms with Gasteiger partial charge in [0.05, 0.1) is 13.7 Å². The summed E-state index contributed by atoms with van der Waals surface area (Å²) in [5, 5.41) is 0. The molecule has 1 atom stereocenters. The molecular formula is C16H25NO2. The van der Waals surface area contributed by atoms with Gasteiger partial charge >= 0.3 is 0 Å². The SMILES string of the molecule is CCOc1cc(CN2CCCCC2C)ccc1OC. The van der Waals surface area contributed by atoms with Crippen LogP contribution >= 0.6 is 0 Å². The van der Waals surface area contributed by atoms with Gasteiger partial charge in [-0.1, -0.05) is 12.5 Å². The van der Waals surface area contributed by atoms with Gasteiger partial charge in [0, 0.05) is 12.6 Å². The van der Waals surface area contributed by atoms with Crippen LogP contribution in [0.15, 0.2) is 18.2 Å². The number of ether oxygens (including phenoxy) is 2. The molecule has 1 unspecified atom stereocenters. The molecule has 3 nitrogen and oxygen atoms in total. The summed E-state index contributed by atoms with van der Waals surface area (Å²) in [7, 11) is 1.68. The molecule has 0 bridgehead atoms. The van der Waals surface area contributed by atoms with E-state index in [9.17, 15) is 0 Å². The molecule has 1 aliphatic rings. The van der Waals surface area contributed by atoms with Crippen molar-refractivity contribution in [3.63, 3.8) is 0 Å². The number of nitrogens with zero attached hydrogens (tertiary/aromatic N) is 1. The lowest BCUT2D eigenvalue weighted by Gasteiger charge is -2.33. The summed E-state index contributed by atoms with van der Waals surface area (Å²) in [6.07, 6.45) is 4.00. The van der Waals surface area contributed by atoms with Gasteiger partial charge in [-0.25, -0.2) is 0 Å². The summed E-state index contributed by atoms with van der Waals surface area (Å²) in [5.41, 5.74) is 1.30. The molecular weight excluding hydrogens is 238 g/mol. The molecule has 1 aromatic carbocycles. The second-order valence-corrected chi connectivity index (χ2v) is 5.23. The normalized spacial score (nSPS) is 20.3. The van der Waals surface area contributed by atoms with Crippen LogP contribution in [-0.2, 0) is 6.54 Å². The summed E-state index contributed by atoms with van der Waals surface area (Å²) in [4.78, 5) is 2.56. The summed E-state index contributed by atoms with van der Waals surface area (Å²) < 4.78 is 11.0. The Morgan fingerprint density at radius 3 is 2.79 bits per heavy atom. The van der Waals surface area contributed by atoms with E-state index < -0.39 is 0 Å². The van der Waals surface area contributed by atoms with Gasteiger partial charge in [0.25, 0.3) is 0 Å². The maximum atomic E-state index is 5.64. The smallest absolute Gasteiger partial charge is 0.161 e. The van der Waals surface area contributed by atoms with Gasteiger partial charge in [-0.05, 0) is 50.9 Å². The minimum atomic E-state index is 0.667. The zero-order chi connectivity index (χ0) is 13.7. The number of methoxy groups -OCH3 is 1. The summed E-state index contributed by atoms with van der Waals surface area (Å²) >= 11 is 0. The predicted molar refractivity (Wildman–Crippen MR) is 77.9 cm³/mol. The van der Waals surface area contributed by atoms with Gasteiger partial charge in [-0.15, -0.1) is 0 Å². The van der Waals surface area contributed by atoms with Crippen molar-refractivity contribution in [3.8, 4) is 11.5 Å². The Hall–Kier alpha value is -1.22. The highest BCUT2D eigenvalue weighted by Crippen LogP contribution is 2.29. The Bertz CT molecular complexity index is 406. The van der Waals surface area contributed by atoms with Gasteiger partial charge in [-0.3, -0.25) is 4.90 Å². The Balaban J connectivity index is 2.09. The molecule has 106 valence electrons. The number of benzene rings is 1. The minimum absolute atomic E-state index is 0.667. The van der Waals surface area contributed by atoms with Gasteiger partial charge in [0.2, 0.25) is 0 Å². The van der Waals surface area contributed by atoms with E-state index in [1.165, 1.54) is 31.4 Å². The van der Waals surface area contributed by atoms with Crippen LogP contribution < -0.4 is 9.47 Å². The highest BCUT2D eigenvalue weighted by Gasteiger charge is 2.18. The molecule has 1 saturated heterocycles.